The minimum atomic E-state index is -4.50. The summed E-state index contributed by atoms with van der Waals surface area (Å²) >= 11 is 5.75. The maximum atomic E-state index is 12.4. The van der Waals surface area contributed by atoms with Gasteiger partial charge in [0.15, 0.2) is 0 Å². The molecule has 0 atom stereocenters. The third-order valence-corrected chi connectivity index (χ3v) is 2.86. The molecule has 0 aliphatic heterocycles. The molecule has 1 N–H and O–H groups in total. The molecule has 2 rings (SSSR count). The number of halogens is 2. The first-order chi connectivity index (χ1) is 6.94. The van der Waals surface area contributed by atoms with Gasteiger partial charge in [-0.25, -0.2) is 0 Å². The van der Waals surface area contributed by atoms with E-state index in [0.29, 0.717) is 10.7 Å². The zero-order valence-corrected chi connectivity index (χ0v) is 9.07. The molecule has 3 nitrogen and oxygen atoms in total. The van der Waals surface area contributed by atoms with E-state index >= 15 is 0 Å². The number of aromatic amines is 1. The van der Waals surface area contributed by atoms with Crippen LogP contribution in [0, 0.1) is 0 Å². The molecule has 1 heterocycles. The first-order valence-electron chi connectivity index (χ1n) is 4.13. The lowest BCUT2D eigenvalue weighted by Crippen LogP contribution is -1.95. The molecular weight excluding hydrogens is 241 g/mol. The molecule has 0 saturated heterocycles. The van der Waals surface area contributed by atoms with Gasteiger partial charge in [0, 0.05) is 21.6 Å². The van der Waals surface area contributed by atoms with E-state index in [1.807, 2.05) is 0 Å². The molecule has 80 valence electrons. The number of nitrogens with one attached hydrogen (secondary N) is 1. The summed E-state index contributed by atoms with van der Waals surface area (Å²) in [5.41, 5.74) is 1.05. The molecule has 0 amide bonds. The zero-order chi connectivity index (χ0) is 11.1. The fourth-order valence-corrected chi connectivity index (χ4v) is 2.13. The van der Waals surface area contributed by atoms with E-state index in [1.165, 1.54) is 0 Å². The van der Waals surface area contributed by atoms with E-state index in [0.717, 1.165) is 10.9 Å². The summed E-state index contributed by atoms with van der Waals surface area (Å²) in [7, 11) is -4.50. The van der Waals surface area contributed by atoms with Gasteiger partial charge in [-0.3, -0.25) is 0 Å². The van der Waals surface area contributed by atoms with Crippen molar-refractivity contribution in [3.63, 3.8) is 0 Å². The summed E-state index contributed by atoms with van der Waals surface area (Å²) in [4.78, 5) is 2.80. The molecule has 0 aliphatic carbocycles. The molecule has 0 aliphatic rings. The van der Waals surface area contributed by atoms with Gasteiger partial charge in [0.1, 0.15) is 5.75 Å². The molecular formula is C9H7ClFNO2S. The van der Waals surface area contributed by atoms with Crippen molar-refractivity contribution in [2.45, 2.75) is 5.75 Å². The summed E-state index contributed by atoms with van der Waals surface area (Å²) in [5.74, 6) is -0.640. The first-order valence-corrected chi connectivity index (χ1v) is 6.06. The smallest absolute Gasteiger partial charge is 0.308 e. The molecule has 0 unspecified atom stereocenters. The summed E-state index contributed by atoms with van der Waals surface area (Å²) in [6.45, 7) is 0. The molecule has 6 heteroatoms. The second-order valence-electron chi connectivity index (χ2n) is 3.21. The summed E-state index contributed by atoms with van der Waals surface area (Å²) in [6, 6.07) is 6.64. The molecule has 15 heavy (non-hydrogen) atoms. The van der Waals surface area contributed by atoms with E-state index in [4.69, 9.17) is 11.6 Å². The minimum Gasteiger partial charge on any atom is -0.357 e. The van der Waals surface area contributed by atoms with Crippen LogP contribution in [0.15, 0.2) is 24.3 Å². The van der Waals surface area contributed by atoms with Crippen LogP contribution >= 0.6 is 11.6 Å². The number of benzene rings is 1. The number of H-pyrrole nitrogens is 1. The SMILES string of the molecule is O=S(=O)(F)Cc1cc2cc(Cl)ccc2[nH]1. The van der Waals surface area contributed by atoms with Crippen LogP contribution < -0.4 is 0 Å². The van der Waals surface area contributed by atoms with Gasteiger partial charge in [-0.15, -0.1) is 3.89 Å². The third kappa shape index (κ3) is 2.49. The van der Waals surface area contributed by atoms with Gasteiger partial charge in [-0.2, -0.15) is 8.42 Å². The minimum absolute atomic E-state index is 0.315. The lowest BCUT2D eigenvalue weighted by Gasteiger charge is -1.90. The second-order valence-corrected chi connectivity index (χ2v) is 5.01. The predicted molar refractivity (Wildman–Crippen MR) is 57.0 cm³/mol. The van der Waals surface area contributed by atoms with Gasteiger partial charge in [0.05, 0.1) is 0 Å². The van der Waals surface area contributed by atoms with Gasteiger partial charge in [0.25, 0.3) is 0 Å². The Balaban J connectivity index is 2.48. The van der Waals surface area contributed by atoms with Crippen LogP contribution in [0.25, 0.3) is 10.9 Å². The van der Waals surface area contributed by atoms with Crippen LogP contribution in [0.4, 0.5) is 3.89 Å². The molecule has 2 aromatic rings. The summed E-state index contributed by atoms with van der Waals surface area (Å²) in [6.07, 6.45) is 0. The maximum absolute atomic E-state index is 12.4. The Labute approximate surface area is 91.1 Å². The normalized spacial score (nSPS) is 12.1. The Morgan fingerprint density at radius 2 is 2.07 bits per heavy atom. The fourth-order valence-electron chi connectivity index (χ4n) is 1.43. The van der Waals surface area contributed by atoms with Crippen LogP contribution in [0.3, 0.4) is 0 Å². The molecule has 1 aromatic heterocycles. The Morgan fingerprint density at radius 1 is 1.33 bits per heavy atom. The van der Waals surface area contributed by atoms with Gasteiger partial charge >= 0.3 is 10.2 Å². The topological polar surface area (TPSA) is 49.9 Å². The number of rotatable bonds is 2. The van der Waals surface area contributed by atoms with Gasteiger partial charge < -0.3 is 4.98 Å². The Kier molecular flexibility index (Phi) is 2.44. The molecule has 1 aromatic carbocycles. The van der Waals surface area contributed by atoms with E-state index in [1.54, 1.807) is 24.3 Å². The molecule has 0 radical (unpaired) electrons. The van der Waals surface area contributed by atoms with E-state index < -0.39 is 16.0 Å². The number of hydrogen-bond acceptors (Lipinski definition) is 2. The Bertz CT molecular complexity index is 606. The monoisotopic (exact) mass is 247 g/mol. The Morgan fingerprint density at radius 3 is 2.73 bits per heavy atom. The van der Waals surface area contributed by atoms with Crippen LogP contribution in [-0.2, 0) is 16.0 Å². The van der Waals surface area contributed by atoms with Crippen LogP contribution in [-0.4, -0.2) is 13.4 Å². The quantitative estimate of drug-likeness (QED) is 0.830. The van der Waals surface area contributed by atoms with Crippen molar-refractivity contribution in [3.8, 4) is 0 Å². The lowest BCUT2D eigenvalue weighted by atomic mass is 10.2. The highest BCUT2D eigenvalue weighted by Gasteiger charge is 2.11. The van der Waals surface area contributed by atoms with Gasteiger partial charge in [0.2, 0.25) is 0 Å². The second kappa shape index (κ2) is 3.50. The van der Waals surface area contributed by atoms with Crippen molar-refractivity contribution < 1.29 is 12.3 Å². The van der Waals surface area contributed by atoms with Crippen molar-refractivity contribution in [3.05, 3.63) is 35.0 Å². The van der Waals surface area contributed by atoms with Crippen molar-refractivity contribution >= 4 is 32.7 Å². The van der Waals surface area contributed by atoms with Crippen LogP contribution in [0.1, 0.15) is 5.69 Å². The average molecular weight is 248 g/mol. The van der Waals surface area contributed by atoms with Crippen LogP contribution in [0.2, 0.25) is 5.02 Å². The van der Waals surface area contributed by atoms with Crippen molar-refractivity contribution in [1.82, 2.24) is 4.98 Å². The third-order valence-electron chi connectivity index (χ3n) is 1.97. The molecule has 0 fully saturated rings. The number of aromatic nitrogens is 1. The van der Waals surface area contributed by atoms with E-state index in [2.05, 4.69) is 4.98 Å². The molecule has 0 saturated carbocycles. The number of fused-ring (bicyclic) bond motifs is 1. The maximum Gasteiger partial charge on any atom is 0.308 e. The fraction of sp³-hybridized carbons (Fsp3) is 0.111. The largest absolute Gasteiger partial charge is 0.357 e. The number of hydrogen-bond donors (Lipinski definition) is 1. The van der Waals surface area contributed by atoms with Gasteiger partial charge in [-0.1, -0.05) is 11.6 Å². The summed E-state index contributed by atoms with van der Waals surface area (Å²) < 4.78 is 33.3. The molecule has 0 bridgehead atoms. The van der Waals surface area contributed by atoms with E-state index in [9.17, 15) is 12.3 Å². The molecule has 0 spiro atoms. The average Bonchev–Trinajstić information content (AvgIpc) is 2.42. The van der Waals surface area contributed by atoms with Crippen molar-refractivity contribution in [2.24, 2.45) is 0 Å². The van der Waals surface area contributed by atoms with Crippen molar-refractivity contribution in [1.29, 1.82) is 0 Å². The predicted octanol–water partition coefficient (Wildman–Crippen LogP) is 2.62. The highest BCUT2D eigenvalue weighted by atomic mass is 35.5. The highest BCUT2D eigenvalue weighted by Crippen LogP contribution is 2.21. The summed E-state index contributed by atoms with van der Waals surface area (Å²) in [5, 5.41) is 1.32. The van der Waals surface area contributed by atoms with Crippen molar-refractivity contribution in [2.75, 3.05) is 0 Å². The standard InChI is InChI=1S/C9H7ClFNO2S/c10-7-1-2-9-6(3-7)4-8(12-9)5-15(11,13)14/h1-4,12H,5H2. The highest BCUT2D eigenvalue weighted by molar-refractivity contribution is 7.85. The van der Waals surface area contributed by atoms with E-state index in [-0.39, 0.29) is 0 Å². The van der Waals surface area contributed by atoms with Crippen LogP contribution in [0.5, 0.6) is 0 Å². The lowest BCUT2D eigenvalue weighted by molar-refractivity contribution is 0.550. The first kappa shape index (κ1) is 10.4. The van der Waals surface area contributed by atoms with Gasteiger partial charge in [-0.05, 0) is 24.3 Å². The Hall–Kier alpha value is -1.07. The zero-order valence-electron chi connectivity index (χ0n) is 7.50.